The van der Waals surface area contributed by atoms with Crippen LogP contribution in [0.25, 0.3) is 17.0 Å². The highest BCUT2D eigenvalue weighted by Crippen LogP contribution is 2.25. The van der Waals surface area contributed by atoms with Crippen molar-refractivity contribution >= 4 is 46.0 Å². The molecular formula is C20H13ClN2O3. The maximum atomic E-state index is 12.7. The van der Waals surface area contributed by atoms with Gasteiger partial charge in [0.2, 0.25) is 0 Å². The third-order valence-electron chi connectivity index (χ3n) is 4.14. The number of benzene rings is 2. The molecule has 0 unspecified atom stereocenters. The monoisotopic (exact) mass is 364 g/mol. The normalized spacial score (nSPS) is 15.8. The highest BCUT2D eigenvalue weighted by atomic mass is 35.5. The molecule has 0 N–H and O–H groups in total. The van der Waals surface area contributed by atoms with Crippen LogP contribution in [0.3, 0.4) is 0 Å². The van der Waals surface area contributed by atoms with Crippen molar-refractivity contribution in [3.05, 3.63) is 81.2 Å². The number of halogens is 1. The molecule has 0 saturated carbocycles. The minimum atomic E-state index is -0.292. The maximum Gasteiger partial charge on any atom is 0.280 e. The summed E-state index contributed by atoms with van der Waals surface area (Å²) in [6, 6.07) is 14.1. The van der Waals surface area contributed by atoms with Crippen LogP contribution in [-0.4, -0.2) is 11.6 Å². The smallest absolute Gasteiger partial charge is 0.280 e. The number of hydrazone groups is 1. The molecule has 2 aromatic carbocycles. The van der Waals surface area contributed by atoms with E-state index >= 15 is 0 Å². The Hall–Kier alpha value is -3.18. The highest BCUT2D eigenvalue weighted by molar-refractivity contribution is 6.35. The number of anilines is 1. The molecule has 6 heteroatoms. The fourth-order valence-corrected chi connectivity index (χ4v) is 3.04. The molecule has 128 valence electrons. The van der Waals surface area contributed by atoms with E-state index in [9.17, 15) is 9.59 Å². The summed E-state index contributed by atoms with van der Waals surface area (Å²) in [5.41, 5.74) is 1.90. The molecule has 1 aliphatic rings. The average Bonchev–Trinajstić information content (AvgIpc) is 2.93. The van der Waals surface area contributed by atoms with Crippen molar-refractivity contribution in [3.63, 3.8) is 0 Å². The number of carbonyl (C=O) groups excluding carboxylic acids is 1. The molecule has 4 rings (SSSR count). The zero-order valence-corrected chi connectivity index (χ0v) is 14.5. The van der Waals surface area contributed by atoms with Crippen molar-refractivity contribution in [1.29, 1.82) is 0 Å². The first-order valence-corrected chi connectivity index (χ1v) is 8.31. The van der Waals surface area contributed by atoms with Gasteiger partial charge in [-0.1, -0.05) is 35.9 Å². The summed E-state index contributed by atoms with van der Waals surface area (Å²) >= 11 is 6.06. The number of nitrogens with zero attached hydrogens (tertiary/aromatic N) is 2. The van der Waals surface area contributed by atoms with Gasteiger partial charge in [0.25, 0.3) is 5.91 Å². The van der Waals surface area contributed by atoms with Crippen molar-refractivity contribution < 1.29 is 9.21 Å². The van der Waals surface area contributed by atoms with E-state index < -0.39 is 0 Å². The number of carbonyl (C=O) groups is 1. The Morgan fingerprint density at radius 3 is 2.62 bits per heavy atom. The first-order chi connectivity index (χ1) is 12.6. The molecule has 26 heavy (non-hydrogen) atoms. The van der Waals surface area contributed by atoms with Gasteiger partial charge in [-0.3, -0.25) is 9.59 Å². The van der Waals surface area contributed by atoms with Crippen LogP contribution in [0.4, 0.5) is 5.69 Å². The summed E-state index contributed by atoms with van der Waals surface area (Å²) in [4.78, 5) is 25.4. The van der Waals surface area contributed by atoms with Crippen LogP contribution in [-0.2, 0) is 4.79 Å². The molecule has 1 aliphatic heterocycles. The fraction of sp³-hybridized carbons (Fsp3) is 0.0500. The first kappa shape index (κ1) is 16.3. The Kier molecular flexibility index (Phi) is 3.93. The fourth-order valence-electron chi connectivity index (χ4n) is 2.82. The predicted molar refractivity (Wildman–Crippen MR) is 103 cm³/mol. The third-order valence-corrected chi connectivity index (χ3v) is 4.44. The predicted octanol–water partition coefficient (Wildman–Crippen LogP) is 4.25. The number of rotatable bonds is 2. The highest BCUT2D eigenvalue weighted by Gasteiger charge is 2.29. The number of para-hydroxylation sites is 2. The molecule has 5 nitrogen and oxygen atoms in total. The lowest BCUT2D eigenvalue weighted by atomic mass is 10.1. The van der Waals surface area contributed by atoms with E-state index in [-0.39, 0.29) is 16.9 Å². The lowest BCUT2D eigenvalue weighted by Crippen LogP contribution is -2.21. The molecule has 2 heterocycles. The van der Waals surface area contributed by atoms with Gasteiger partial charge in [-0.25, -0.2) is 0 Å². The van der Waals surface area contributed by atoms with Gasteiger partial charge in [0.15, 0.2) is 11.0 Å². The van der Waals surface area contributed by atoms with Gasteiger partial charge in [-0.15, -0.1) is 0 Å². The van der Waals surface area contributed by atoms with Crippen molar-refractivity contribution in [2.75, 3.05) is 5.01 Å². The van der Waals surface area contributed by atoms with E-state index in [0.717, 1.165) is 0 Å². The van der Waals surface area contributed by atoms with Crippen LogP contribution in [0.1, 0.15) is 12.5 Å². The molecule has 3 aromatic rings. The van der Waals surface area contributed by atoms with E-state index in [4.69, 9.17) is 16.0 Å². The van der Waals surface area contributed by atoms with Gasteiger partial charge in [-0.05, 0) is 37.3 Å². The summed E-state index contributed by atoms with van der Waals surface area (Å²) in [5, 5.41) is 6.35. The van der Waals surface area contributed by atoms with Crippen molar-refractivity contribution in [3.8, 4) is 0 Å². The van der Waals surface area contributed by atoms with Crippen LogP contribution in [0, 0.1) is 0 Å². The van der Waals surface area contributed by atoms with E-state index in [1.165, 1.54) is 17.3 Å². The number of hydrogen-bond acceptors (Lipinski definition) is 4. The summed E-state index contributed by atoms with van der Waals surface area (Å²) in [7, 11) is 0. The number of amides is 1. The summed E-state index contributed by atoms with van der Waals surface area (Å²) in [6.45, 7) is 1.73. The summed E-state index contributed by atoms with van der Waals surface area (Å²) < 4.78 is 5.51. The lowest BCUT2D eigenvalue weighted by Gasteiger charge is -2.10. The maximum absolute atomic E-state index is 12.7. The second kappa shape index (κ2) is 6.28. The minimum absolute atomic E-state index is 0.250. The van der Waals surface area contributed by atoms with Crippen LogP contribution in [0.2, 0.25) is 5.02 Å². The Morgan fingerprint density at radius 2 is 1.85 bits per heavy atom. The molecule has 1 amide bonds. The Morgan fingerprint density at radius 1 is 1.08 bits per heavy atom. The zero-order chi connectivity index (χ0) is 18.3. The Bertz CT molecular complexity index is 1150. The van der Waals surface area contributed by atoms with Gasteiger partial charge < -0.3 is 4.42 Å². The van der Waals surface area contributed by atoms with Gasteiger partial charge in [0, 0.05) is 0 Å². The average molecular weight is 365 g/mol. The Balaban J connectivity index is 1.79. The van der Waals surface area contributed by atoms with Crippen LogP contribution < -0.4 is 10.4 Å². The van der Waals surface area contributed by atoms with Gasteiger partial charge in [0.1, 0.15) is 6.26 Å². The number of fused-ring (bicyclic) bond motifs is 1. The molecule has 0 fully saturated rings. The topological polar surface area (TPSA) is 62.9 Å². The van der Waals surface area contributed by atoms with Gasteiger partial charge in [0.05, 0.1) is 32.9 Å². The molecule has 0 aliphatic carbocycles. The largest absolute Gasteiger partial charge is 0.462 e. The minimum Gasteiger partial charge on any atom is -0.462 e. The van der Waals surface area contributed by atoms with Gasteiger partial charge >= 0.3 is 0 Å². The standard InChI is InChI=1S/C20H13ClN2O3/c1-12-16(20(25)23(22-12)14-6-3-2-4-7-14)10-13-11-26-19-15(18(13)24)8-5-9-17(19)21/h2-11H,1H3/b16-10-. The second-order valence-corrected chi connectivity index (χ2v) is 6.24. The third kappa shape index (κ3) is 2.62. The first-order valence-electron chi connectivity index (χ1n) is 7.93. The van der Waals surface area contributed by atoms with E-state index in [1.54, 1.807) is 37.3 Å². The lowest BCUT2D eigenvalue weighted by molar-refractivity contribution is -0.114. The van der Waals surface area contributed by atoms with Crippen molar-refractivity contribution in [2.45, 2.75) is 6.92 Å². The SMILES string of the molecule is CC1=NN(c2ccccc2)C(=O)/C1=C\c1coc2c(Cl)cccc2c1=O. The van der Waals surface area contributed by atoms with Gasteiger partial charge in [-0.2, -0.15) is 10.1 Å². The van der Waals surface area contributed by atoms with Crippen molar-refractivity contribution in [2.24, 2.45) is 5.10 Å². The van der Waals surface area contributed by atoms with Crippen LogP contribution in [0.15, 0.2) is 74.7 Å². The molecule has 0 saturated heterocycles. The molecule has 0 bridgehead atoms. The summed E-state index contributed by atoms with van der Waals surface area (Å²) in [5.74, 6) is -0.292. The summed E-state index contributed by atoms with van der Waals surface area (Å²) in [6.07, 6.45) is 2.82. The Labute approximate surface area is 153 Å². The van der Waals surface area contributed by atoms with E-state index in [1.807, 2.05) is 18.2 Å². The molecular weight excluding hydrogens is 352 g/mol. The molecule has 1 aromatic heterocycles. The quantitative estimate of drug-likeness (QED) is 0.638. The molecule has 0 atom stereocenters. The second-order valence-electron chi connectivity index (χ2n) is 5.83. The van der Waals surface area contributed by atoms with Crippen LogP contribution in [0.5, 0.6) is 0 Å². The van der Waals surface area contributed by atoms with Crippen LogP contribution >= 0.6 is 11.6 Å². The van der Waals surface area contributed by atoms with Crippen molar-refractivity contribution in [1.82, 2.24) is 0 Å². The molecule has 0 radical (unpaired) electrons. The number of hydrogen-bond donors (Lipinski definition) is 0. The zero-order valence-electron chi connectivity index (χ0n) is 13.8. The van der Waals surface area contributed by atoms with E-state index in [0.29, 0.717) is 33.0 Å². The van der Waals surface area contributed by atoms with E-state index in [2.05, 4.69) is 5.10 Å². The molecule has 0 spiro atoms.